The Morgan fingerprint density at radius 2 is 1.73 bits per heavy atom. The summed E-state index contributed by atoms with van der Waals surface area (Å²) in [6.07, 6.45) is 16.1. The van der Waals surface area contributed by atoms with Gasteiger partial charge in [-0.1, -0.05) is 36.3 Å². The van der Waals surface area contributed by atoms with Crippen LogP contribution in [-0.4, -0.2) is 145 Å². The van der Waals surface area contributed by atoms with Gasteiger partial charge in [0.2, 0.25) is 11.8 Å². The van der Waals surface area contributed by atoms with Gasteiger partial charge in [-0.2, -0.15) is 9.97 Å². The third kappa shape index (κ3) is 9.52. The SMILES string of the molecule is C#Cc1c(F)ccc2cccc(-c3ncc4c(N5CCC[C@@](C)(O)C5)nc(OC[C@]56CCCN5[C@@H](COC(=O)N5CCC(CN7CCC(c8ccc9c(c8)n(C)c(=O)n9C8CCC(=O)NC8=O)CC7)CC5)CC6)nc4c3F)c12. The van der Waals surface area contributed by atoms with E-state index >= 15 is 8.78 Å². The summed E-state index contributed by atoms with van der Waals surface area (Å²) in [5.41, 5.74) is 1.39. The molecule has 6 saturated heterocycles. The number of likely N-dealkylation sites (tertiary alicyclic amines) is 2. The van der Waals surface area contributed by atoms with E-state index in [0.717, 1.165) is 83.1 Å². The van der Waals surface area contributed by atoms with Crippen molar-refractivity contribution in [1.82, 2.24) is 44.1 Å². The molecule has 3 aromatic heterocycles. The summed E-state index contributed by atoms with van der Waals surface area (Å²) in [6, 6.07) is 13.6. The monoisotopic (exact) mass is 1060 g/mol. The predicted molar refractivity (Wildman–Crippen MR) is 290 cm³/mol. The molecule has 12 rings (SSSR count). The molecule has 2 N–H and O–H groups in total. The number of benzene rings is 3. The highest BCUT2D eigenvalue weighted by atomic mass is 19.1. The van der Waals surface area contributed by atoms with Crippen molar-refractivity contribution in [3.05, 3.63) is 88.0 Å². The quantitative estimate of drug-likeness (QED) is 0.0985. The van der Waals surface area contributed by atoms with Crippen molar-refractivity contribution in [1.29, 1.82) is 0 Å². The van der Waals surface area contributed by atoms with Crippen LogP contribution in [0.3, 0.4) is 0 Å². The van der Waals surface area contributed by atoms with Gasteiger partial charge in [-0.3, -0.25) is 33.9 Å². The first-order valence-corrected chi connectivity index (χ1v) is 27.8. The molecule has 0 radical (unpaired) electrons. The zero-order valence-electron chi connectivity index (χ0n) is 44.3. The Balaban J connectivity index is 0.659. The molecule has 3 amide bonds. The molecular formula is C59H66F2N10O7. The molecule has 6 aliphatic heterocycles. The molecule has 0 aliphatic carbocycles. The second kappa shape index (κ2) is 20.7. The van der Waals surface area contributed by atoms with Gasteiger partial charge in [-0.15, -0.1) is 6.42 Å². The summed E-state index contributed by atoms with van der Waals surface area (Å²) in [5.74, 6) is 1.63. The molecule has 17 nitrogen and oxygen atoms in total. The number of aromatic nitrogens is 5. The fourth-order valence-electron chi connectivity index (χ4n) is 13.8. The summed E-state index contributed by atoms with van der Waals surface area (Å²) in [5, 5.41) is 14.9. The minimum absolute atomic E-state index is 0.00153. The highest BCUT2D eigenvalue weighted by molar-refractivity contribution is 6.02. The summed E-state index contributed by atoms with van der Waals surface area (Å²) >= 11 is 0. The molecule has 0 bridgehead atoms. The number of imidazole rings is 1. The minimum Gasteiger partial charge on any atom is -0.461 e. The zero-order valence-corrected chi connectivity index (χ0v) is 44.3. The van der Waals surface area contributed by atoms with E-state index < -0.39 is 29.2 Å². The Kier molecular flexibility index (Phi) is 13.7. The Labute approximate surface area is 450 Å². The van der Waals surface area contributed by atoms with E-state index in [0.29, 0.717) is 83.8 Å². The molecule has 0 spiro atoms. The van der Waals surface area contributed by atoms with E-state index in [-0.39, 0.29) is 78.2 Å². The van der Waals surface area contributed by atoms with Gasteiger partial charge in [0.05, 0.1) is 33.1 Å². The largest absolute Gasteiger partial charge is 0.461 e. The van der Waals surface area contributed by atoms with E-state index in [9.17, 15) is 24.3 Å². The molecule has 4 atom stereocenters. The lowest BCUT2D eigenvalue weighted by molar-refractivity contribution is -0.135. The second-order valence-electron chi connectivity index (χ2n) is 23.0. The van der Waals surface area contributed by atoms with Gasteiger partial charge in [0.1, 0.15) is 42.1 Å². The van der Waals surface area contributed by atoms with Gasteiger partial charge in [0.25, 0.3) is 0 Å². The highest BCUT2D eigenvalue weighted by Crippen LogP contribution is 2.44. The summed E-state index contributed by atoms with van der Waals surface area (Å²) in [7, 11) is 1.73. The fourth-order valence-corrected chi connectivity index (χ4v) is 13.8. The van der Waals surface area contributed by atoms with Crippen molar-refractivity contribution < 1.29 is 37.7 Å². The minimum atomic E-state index is -0.992. The maximum absolute atomic E-state index is 17.2. The number of piperidine rings is 4. The molecule has 1 unspecified atom stereocenters. The van der Waals surface area contributed by atoms with Crippen molar-refractivity contribution in [2.75, 3.05) is 70.5 Å². The summed E-state index contributed by atoms with van der Waals surface area (Å²) < 4.78 is 48.0. The number of ether oxygens (including phenoxy) is 2. The number of carbonyl (C=O) groups excluding carboxylic acids is 3. The van der Waals surface area contributed by atoms with E-state index in [1.807, 2.05) is 15.9 Å². The number of imide groups is 1. The maximum Gasteiger partial charge on any atom is 0.409 e. The van der Waals surface area contributed by atoms with Crippen molar-refractivity contribution in [2.24, 2.45) is 13.0 Å². The van der Waals surface area contributed by atoms with Crippen LogP contribution >= 0.6 is 0 Å². The van der Waals surface area contributed by atoms with Crippen molar-refractivity contribution >= 4 is 56.4 Å². The number of rotatable bonds is 11. The number of nitrogens with one attached hydrogen (secondary N) is 1. The van der Waals surface area contributed by atoms with Crippen LogP contribution in [0.25, 0.3) is 44.0 Å². The van der Waals surface area contributed by atoms with Gasteiger partial charge >= 0.3 is 17.8 Å². The summed E-state index contributed by atoms with van der Waals surface area (Å²) in [6.45, 7) is 8.20. The highest BCUT2D eigenvalue weighted by Gasteiger charge is 2.50. The number of aliphatic hydroxyl groups is 1. The van der Waals surface area contributed by atoms with Crippen molar-refractivity contribution in [3.63, 3.8) is 0 Å². The Bertz CT molecular complexity index is 3470. The number of hydrogen-bond acceptors (Lipinski definition) is 13. The second-order valence-corrected chi connectivity index (χ2v) is 23.0. The van der Waals surface area contributed by atoms with Gasteiger partial charge < -0.3 is 29.3 Å². The number of amides is 3. The van der Waals surface area contributed by atoms with Crippen LogP contribution in [0.15, 0.2) is 59.5 Å². The fraction of sp³-hybridized carbons (Fsp3) is 0.508. The standard InChI is InChI=1S/C59H66F2N10O7/c1-4-41-44(60)12-10-38-8-5-9-42(49(38)41)51-50(61)52-43(31-62-51)53(69-24-6-21-58(2,76)34-69)65-55(64-52)78-35-59-22-7-25-70(59)40(16-23-59)33-77-57(75)68-28-17-36(18-29-68)32-67-26-19-37(20-27-67)39-11-13-45-47(30-39)66(3)56(74)71(45)46-14-15-48(72)63-54(46)73/h1,5,8-13,30-31,36-37,40,46,76H,6-7,14-29,32-35H2,2-3H3,(H,63,72,73)/t40-,46?,58-,59-/m1/s1. The van der Waals surface area contributed by atoms with Crippen LogP contribution < -0.4 is 20.6 Å². The van der Waals surface area contributed by atoms with Gasteiger partial charge in [0.15, 0.2) is 5.82 Å². The zero-order chi connectivity index (χ0) is 54.0. The number of halogens is 2. The Morgan fingerprint density at radius 1 is 0.923 bits per heavy atom. The number of hydrogen-bond donors (Lipinski definition) is 2. The van der Waals surface area contributed by atoms with E-state index in [1.54, 1.807) is 42.8 Å². The van der Waals surface area contributed by atoms with Gasteiger partial charge in [-0.25, -0.2) is 18.4 Å². The van der Waals surface area contributed by atoms with Gasteiger partial charge in [0, 0.05) is 69.4 Å². The number of nitrogens with zero attached hydrogens (tertiary/aromatic N) is 9. The number of β-amino-alcohol motifs (C(OH)–C–C–N with tert-alkyl or cyclic N) is 1. The first-order chi connectivity index (χ1) is 37.7. The number of pyridine rings is 1. The molecule has 3 aromatic carbocycles. The lowest BCUT2D eigenvalue weighted by Gasteiger charge is -2.38. The average Bonchev–Trinajstić information content (AvgIpc) is 4.27. The predicted octanol–water partition coefficient (Wildman–Crippen LogP) is 7.19. The van der Waals surface area contributed by atoms with E-state index in [1.165, 1.54) is 22.4 Å². The number of aryl methyl sites for hydroxylation is 1. The van der Waals surface area contributed by atoms with Crippen LogP contribution in [-0.2, 0) is 21.4 Å². The number of carbonyl (C=O) groups is 3. The Morgan fingerprint density at radius 3 is 2.51 bits per heavy atom. The normalized spacial score (nSPS) is 24.8. The molecule has 408 valence electrons. The van der Waals surface area contributed by atoms with Gasteiger partial charge in [-0.05, 0) is 138 Å². The molecule has 6 fully saturated rings. The van der Waals surface area contributed by atoms with Crippen LogP contribution in [0.1, 0.15) is 107 Å². The van der Waals surface area contributed by atoms with Crippen LogP contribution in [0, 0.1) is 29.9 Å². The van der Waals surface area contributed by atoms with E-state index in [2.05, 4.69) is 38.2 Å². The lowest BCUT2D eigenvalue weighted by Crippen LogP contribution is -2.49. The maximum atomic E-state index is 17.2. The first kappa shape index (κ1) is 51.7. The molecule has 78 heavy (non-hydrogen) atoms. The molecule has 6 aliphatic rings. The average molecular weight is 1070 g/mol. The smallest absolute Gasteiger partial charge is 0.409 e. The third-order valence-corrected chi connectivity index (χ3v) is 18.0. The lowest BCUT2D eigenvalue weighted by atomic mass is 9.88. The molecule has 19 heteroatoms. The first-order valence-electron chi connectivity index (χ1n) is 27.8. The number of fused-ring (bicyclic) bond motifs is 4. The van der Waals surface area contributed by atoms with Crippen LogP contribution in [0.2, 0.25) is 0 Å². The Hall–Kier alpha value is -7.01. The van der Waals surface area contributed by atoms with E-state index in [4.69, 9.17) is 25.9 Å². The summed E-state index contributed by atoms with van der Waals surface area (Å²) in [4.78, 5) is 74.3. The topological polar surface area (TPSA) is 180 Å². The van der Waals surface area contributed by atoms with Crippen molar-refractivity contribution in [2.45, 2.75) is 113 Å². The van der Waals surface area contributed by atoms with Crippen LogP contribution in [0.5, 0.6) is 6.01 Å². The molecule has 6 aromatic rings. The van der Waals surface area contributed by atoms with Crippen LogP contribution in [0.4, 0.5) is 19.4 Å². The number of terminal acetylenes is 1. The molecular weight excluding hydrogens is 999 g/mol. The molecule has 9 heterocycles. The van der Waals surface area contributed by atoms with Crippen molar-refractivity contribution in [3.8, 4) is 29.6 Å². The third-order valence-electron chi connectivity index (χ3n) is 18.0. The number of anilines is 1. The molecule has 0 saturated carbocycles.